The number of nitrogens with zero attached hydrogens (tertiary/aromatic N) is 1. The Morgan fingerprint density at radius 3 is 2.43 bits per heavy atom. The first-order chi connectivity index (χ1) is 14.4. The van der Waals surface area contributed by atoms with Gasteiger partial charge in [-0.1, -0.05) is 48.5 Å². The van der Waals surface area contributed by atoms with E-state index in [2.05, 4.69) is 4.98 Å². The number of anilines is 2. The monoisotopic (exact) mass is 407 g/mol. The van der Waals surface area contributed by atoms with Crippen LogP contribution < -0.4 is 10.6 Å². The average molecular weight is 407 g/mol. The summed E-state index contributed by atoms with van der Waals surface area (Å²) in [5, 5.41) is 1.17. The molecule has 3 nitrogen and oxygen atoms in total. The molecule has 0 bridgehead atoms. The van der Waals surface area contributed by atoms with Crippen LogP contribution in [0, 0.1) is 0 Å². The lowest BCUT2D eigenvalue weighted by atomic mass is 10.0. The molecule has 30 heavy (non-hydrogen) atoms. The fourth-order valence-electron chi connectivity index (χ4n) is 3.38. The van der Waals surface area contributed by atoms with E-state index in [4.69, 9.17) is 5.73 Å². The molecule has 0 spiro atoms. The maximum atomic E-state index is 12.7. The van der Waals surface area contributed by atoms with E-state index in [1.165, 1.54) is 17.5 Å². The number of H-pyrrole nitrogens is 1. The lowest BCUT2D eigenvalue weighted by molar-refractivity contribution is -0.137. The summed E-state index contributed by atoms with van der Waals surface area (Å²) in [6.07, 6.45) is -0.579. The summed E-state index contributed by atoms with van der Waals surface area (Å²) in [7, 11) is 0. The molecule has 0 aliphatic carbocycles. The molecule has 2 heterocycles. The van der Waals surface area contributed by atoms with E-state index in [1.807, 2.05) is 71.8 Å². The van der Waals surface area contributed by atoms with Crippen molar-refractivity contribution < 1.29 is 13.2 Å². The first kappa shape index (κ1) is 19.6. The smallest absolute Gasteiger partial charge is 0.385 e. The highest BCUT2D eigenvalue weighted by Crippen LogP contribution is 2.33. The number of alkyl halides is 3. The Labute approximate surface area is 172 Å². The highest BCUT2D eigenvalue weighted by Gasteiger charge is 2.30. The molecule has 6 heteroatoms. The molecule has 0 atom stereocenters. The van der Waals surface area contributed by atoms with Crippen LogP contribution in [0.1, 0.15) is 16.7 Å². The van der Waals surface area contributed by atoms with Crippen LogP contribution >= 0.6 is 0 Å². The van der Waals surface area contributed by atoms with Crippen molar-refractivity contribution in [2.45, 2.75) is 12.7 Å². The molecule has 0 radical (unpaired) electrons. The van der Waals surface area contributed by atoms with Gasteiger partial charge in [0.1, 0.15) is 5.82 Å². The molecule has 5 rings (SSSR count). The van der Waals surface area contributed by atoms with Gasteiger partial charge in [0.25, 0.3) is 0 Å². The van der Waals surface area contributed by atoms with E-state index in [-0.39, 0.29) is 0 Å². The third-order valence-electron chi connectivity index (χ3n) is 4.89. The molecular formula is C24H20F3N3. The molecule has 1 aliphatic rings. The molecule has 3 aromatic carbocycles. The standard InChI is InChI=1S/C16H12F3N.C8H8N2/c17-16(18,19)14-6-3-7-15(10-14)20-9-8-12-4-1-2-5-13(12)11-20;9-8-5-6-3-1-2-4-7(6)10-8/h1-10H,11H2;1-5,10H,9H2. The van der Waals surface area contributed by atoms with Crippen LogP contribution in [0.2, 0.25) is 0 Å². The van der Waals surface area contributed by atoms with Gasteiger partial charge in [-0.25, -0.2) is 0 Å². The van der Waals surface area contributed by atoms with E-state index in [9.17, 15) is 13.2 Å². The predicted octanol–water partition coefficient (Wildman–Crippen LogP) is 6.45. The van der Waals surface area contributed by atoms with Gasteiger partial charge in [0, 0.05) is 29.3 Å². The number of halogens is 3. The Morgan fingerprint density at radius 2 is 1.63 bits per heavy atom. The average Bonchev–Trinajstić information content (AvgIpc) is 3.13. The fraction of sp³-hybridized carbons (Fsp3) is 0.0833. The molecule has 0 amide bonds. The lowest BCUT2D eigenvalue weighted by Crippen LogP contribution is -2.19. The maximum absolute atomic E-state index is 12.7. The second-order valence-electron chi connectivity index (χ2n) is 7.00. The van der Waals surface area contributed by atoms with Crippen LogP contribution in [0.4, 0.5) is 24.7 Å². The summed E-state index contributed by atoms with van der Waals surface area (Å²) in [5.74, 6) is 0.723. The van der Waals surface area contributed by atoms with Crippen molar-refractivity contribution in [3.05, 3.63) is 102 Å². The molecule has 1 aliphatic heterocycles. The Bertz CT molecular complexity index is 1160. The van der Waals surface area contributed by atoms with Gasteiger partial charge in [-0.3, -0.25) is 0 Å². The fourth-order valence-corrected chi connectivity index (χ4v) is 3.38. The normalized spacial score (nSPS) is 13.0. The number of fused-ring (bicyclic) bond motifs is 2. The summed E-state index contributed by atoms with van der Waals surface area (Å²) in [4.78, 5) is 4.85. The highest BCUT2D eigenvalue weighted by atomic mass is 19.4. The molecule has 0 saturated heterocycles. The topological polar surface area (TPSA) is 45.0 Å². The van der Waals surface area contributed by atoms with Gasteiger partial charge >= 0.3 is 6.18 Å². The lowest BCUT2D eigenvalue weighted by Gasteiger charge is -2.26. The van der Waals surface area contributed by atoms with Crippen molar-refractivity contribution in [2.24, 2.45) is 0 Å². The molecule has 152 valence electrons. The third-order valence-corrected chi connectivity index (χ3v) is 4.89. The number of hydrogen-bond donors (Lipinski definition) is 2. The van der Waals surface area contributed by atoms with Crippen molar-refractivity contribution in [1.82, 2.24) is 4.98 Å². The molecule has 4 aromatic rings. The van der Waals surface area contributed by atoms with Crippen molar-refractivity contribution in [1.29, 1.82) is 0 Å². The minimum absolute atomic E-state index is 0.547. The van der Waals surface area contributed by atoms with Crippen molar-refractivity contribution in [2.75, 3.05) is 10.6 Å². The zero-order valence-electron chi connectivity index (χ0n) is 16.0. The van der Waals surface area contributed by atoms with Gasteiger partial charge in [-0.2, -0.15) is 13.2 Å². The minimum atomic E-state index is -4.31. The Kier molecular flexibility index (Phi) is 5.23. The van der Waals surface area contributed by atoms with E-state index >= 15 is 0 Å². The van der Waals surface area contributed by atoms with E-state index in [0.717, 1.165) is 28.5 Å². The summed E-state index contributed by atoms with van der Waals surface area (Å²) < 4.78 is 38.2. The molecule has 3 N–H and O–H groups in total. The first-order valence-corrected chi connectivity index (χ1v) is 9.43. The van der Waals surface area contributed by atoms with Gasteiger partial charge in [0.15, 0.2) is 0 Å². The zero-order chi connectivity index (χ0) is 21.1. The minimum Gasteiger partial charge on any atom is -0.385 e. The number of nitrogen functional groups attached to an aromatic ring is 1. The highest BCUT2D eigenvalue weighted by molar-refractivity contribution is 5.83. The van der Waals surface area contributed by atoms with Gasteiger partial charge in [-0.15, -0.1) is 0 Å². The van der Waals surface area contributed by atoms with Crippen LogP contribution in [0.15, 0.2) is 85.1 Å². The number of hydrogen-bond acceptors (Lipinski definition) is 2. The summed E-state index contributed by atoms with van der Waals surface area (Å²) >= 11 is 0. The predicted molar refractivity (Wildman–Crippen MR) is 116 cm³/mol. The summed E-state index contributed by atoms with van der Waals surface area (Å²) in [6, 6.07) is 23.2. The summed E-state index contributed by atoms with van der Waals surface area (Å²) in [6.45, 7) is 0.577. The molecule has 0 fully saturated rings. The van der Waals surface area contributed by atoms with Gasteiger partial charge in [-0.05, 0) is 47.5 Å². The van der Waals surface area contributed by atoms with Crippen LogP contribution in [-0.4, -0.2) is 4.98 Å². The third kappa shape index (κ3) is 4.33. The van der Waals surface area contributed by atoms with Crippen molar-refractivity contribution in [3.8, 4) is 0 Å². The second-order valence-corrected chi connectivity index (χ2v) is 7.00. The Morgan fingerprint density at radius 1 is 0.867 bits per heavy atom. The number of nitrogens with one attached hydrogen (secondary N) is 1. The van der Waals surface area contributed by atoms with E-state index < -0.39 is 11.7 Å². The number of benzene rings is 3. The SMILES string of the molecule is FC(F)(F)c1cccc(N2C=Cc3ccccc3C2)c1.Nc1cc2ccccc2[nH]1. The molecule has 1 aromatic heterocycles. The van der Waals surface area contributed by atoms with Crippen LogP contribution in [0.3, 0.4) is 0 Å². The first-order valence-electron chi connectivity index (χ1n) is 9.43. The van der Waals surface area contributed by atoms with Crippen molar-refractivity contribution in [3.63, 3.8) is 0 Å². The van der Waals surface area contributed by atoms with Gasteiger partial charge < -0.3 is 15.6 Å². The summed E-state index contributed by atoms with van der Waals surface area (Å²) in [5.41, 5.74) is 8.77. The van der Waals surface area contributed by atoms with E-state index in [1.54, 1.807) is 6.07 Å². The van der Waals surface area contributed by atoms with Crippen LogP contribution in [0.25, 0.3) is 17.0 Å². The zero-order valence-corrected chi connectivity index (χ0v) is 16.0. The Balaban J connectivity index is 0.000000181. The number of aromatic amines is 1. The maximum Gasteiger partial charge on any atom is 0.416 e. The van der Waals surface area contributed by atoms with Crippen molar-refractivity contribution >= 4 is 28.5 Å². The number of nitrogens with two attached hydrogens (primary N) is 1. The van der Waals surface area contributed by atoms with E-state index in [0.29, 0.717) is 12.2 Å². The van der Waals surface area contributed by atoms with Gasteiger partial charge in [0.05, 0.1) is 5.56 Å². The van der Waals surface area contributed by atoms with Crippen LogP contribution in [-0.2, 0) is 12.7 Å². The van der Waals surface area contributed by atoms with Crippen LogP contribution in [0.5, 0.6) is 0 Å². The quantitative estimate of drug-likeness (QED) is 0.381. The number of para-hydroxylation sites is 1. The number of rotatable bonds is 1. The van der Waals surface area contributed by atoms with Gasteiger partial charge in [0.2, 0.25) is 0 Å². The molecule has 0 unspecified atom stereocenters. The second kappa shape index (κ2) is 7.99. The largest absolute Gasteiger partial charge is 0.416 e. The molecular weight excluding hydrogens is 387 g/mol. The number of aromatic nitrogens is 1. The Hall–Kier alpha value is -3.67. The molecule has 0 saturated carbocycles.